The number of hydrogen-bond donors (Lipinski definition) is 3. The summed E-state index contributed by atoms with van der Waals surface area (Å²) in [5, 5.41) is 11.0. The zero-order chi connectivity index (χ0) is 23.3. The number of nitrogens with zero attached hydrogens (tertiary/aromatic N) is 1. The number of nitrogens with one attached hydrogen (secondary N) is 3. The van der Waals surface area contributed by atoms with Crippen LogP contribution in [0.3, 0.4) is 0 Å². The molecule has 0 atom stereocenters. The summed E-state index contributed by atoms with van der Waals surface area (Å²) in [6.07, 6.45) is 0. The first-order valence-electron chi connectivity index (χ1n) is 9.89. The summed E-state index contributed by atoms with van der Waals surface area (Å²) in [7, 11) is -2.63. The van der Waals surface area contributed by atoms with Crippen LogP contribution in [0.2, 0.25) is 0 Å². The summed E-state index contributed by atoms with van der Waals surface area (Å²) in [6.45, 7) is 0. The minimum Gasteiger partial charge on any atom is -0.320 e. The highest BCUT2D eigenvalue weighted by atomic mass is 79.9. The monoisotopic (exact) mass is 710 g/mol. The molecular weight excluding hydrogens is 695 g/mol. The molecule has 0 saturated heterocycles. The average Bonchev–Trinajstić information content (AvgIpc) is 2.80. The first-order valence-corrected chi connectivity index (χ1v) is 14.8. The number of hydrogen-bond acceptors (Lipinski definition) is 1. The molecule has 0 saturated carbocycles. The maximum absolute atomic E-state index is 5.21. The van der Waals surface area contributed by atoms with Crippen LogP contribution in [0, 0.1) is 0 Å². The van der Waals surface area contributed by atoms with Gasteiger partial charge in [-0.25, -0.2) is 4.74 Å². The SMILES string of the molecule is Brc1ccc(N=P(Nc2ccc(Br)cc2)(Nc2ccc(Br)cc2)Nc2ccc(Br)cc2)cc1. The highest BCUT2D eigenvalue weighted by Crippen LogP contribution is 2.51. The first kappa shape index (κ1) is 24.6. The fourth-order valence-corrected chi connectivity index (χ4v) is 6.40. The molecule has 0 amide bonds. The van der Waals surface area contributed by atoms with E-state index in [4.69, 9.17) is 4.74 Å². The number of anilines is 3. The van der Waals surface area contributed by atoms with Crippen molar-refractivity contribution < 1.29 is 0 Å². The van der Waals surface area contributed by atoms with Crippen LogP contribution in [0.1, 0.15) is 0 Å². The molecular formula is C24H19Br4N4P. The lowest BCUT2D eigenvalue weighted by Crippen LogP contribution is -2.14. The Bertz CT molecular complexity index is 1140. The summed E-state index contributed by atoms with van der Waals surface area (Å²) in [5.41, 5.74) is 3.69. The zero-order valence-electron chi connectivity index (χ0n) is 17.1. The Kier molecular flexibility index (Phi) is 8.36. The van der Waals surface area contributed by atoms with Gasteiger partial charge in [-0.05, 0) is 97.1 Å². The molecule has 0 aliphatic carbocycles. The predicted octanol–water partition coefficient (Wildman–Crippen LogP) is 10.7. The van der Waals surface area contributed by atoms with Gasteiger partial charge in [-0.3, -0.25) is 0 Å². The summed E-state index contributed by atoms with van der Waals surface area (Å²) in [6, 6.07) is 32.2. The van der Waals surface area contributed by atoms with Crippen molar-refractivity contribution in [3.8, 4) is 0 Å². The molecule has 0 aromatic heterocycles. The summed E-state index contributed by atoms with van der Waals surface area (Å²) < 4.78 is 9.27. The Morgan fingerprint density at radius 2 is 0.697 bits per heavy atom. The summed E-state index contributed by atoms with van der Waals surface area (Å²) >= 11 is 14.1. The van der Waals surface area contributed by atoms with Crippen LogP contribution in [0.15, 0.2) is 120 Å². The van der Waals surface area contributed by atoms with Gasteiger partial charge in [-0.2, -0.15) is 0 Å². The molecule has 4 aromatic rings. The van der Waals surface area contributed by atoms with Crippen LogP contribution in [-0.4, -0.2) is 0 Å². The van der Waals surface area contributed by atoms with Gasteiger partial charge in [-0.1, -0.05) is 63.7 Å². The third-order valence-electron chi connectivity index (χ3n) is 4.50. The second-order valence-corrected chi connectivity index (χ2v) is 12.9. The lowest BCUT2D eigenvalue weighted by Gasteiger charge is -2.30. The van der Waals surface area contributed by atoms with E-state index in [0.29, 0.717) is 0 Å². The van der Waals surface area contributed by atoms with E-state index in [1.807, 2.05) is 97.1 Å². The molecule has 3 N–H and O–H groups in total. The molecule has 168 valence electrons. The topological polar surface area (TPSA) is 48.5 Å². The molecule has 0 radical (unpaired) electrons. The highest BCUT2D eigenvalue weighted by molar-refractivity contribution is 9.11. The van der Waals surface area contributed by atoms with Crippen molar-refractivity contribution in [3.63, 3.8) is 0 Å². The van der Waals surface area contributed by atoms with Gasteiger partial charge in [0, 0.05) is 35.0 Å². The standard InChI is InChI=1S/C24H19Br4N4P/c25-17-1-9-21(10-2-17)29-33(30-22-11-3-18(26)4-12-22,31-23-13-5-19(27)6-14-23)32-24-15-7-20(28)8-16-24/h1-16,29-31H. The van der Waals surface area contributed by atoms with E-state index in [2.05, 4.69) is 79.0 Å². The van der Waals surface area contributed by atoms with Gasteiger partial charge in [0.15, 0.2) is 0 Å². The largest absolute Gasteiger partial charge is 0.320 e. The Labute approximate surface area is 227 Å². The summed E-state index contributed by atoms with van der Waals surface area (Å²) in [5.74, 6) is 0. The van der Waals surface area contributed by atoms with Gasteiger partial charge in [0.05, 0.1) is 5.69 Å². The molecule has 0 heterocycles. The van der Waals surface area contributed by atoms with Gasteiger partial charge >= 0.3 is 0 Å². The van der Waals surface area contributed by atoms with E-state index in [-0.39, 0.29) is 0 Å². The van der Waals surface area contributed by atoms with E-state index < -0.39 is 7.51 Å². The van der Waals surface area contributed by atoms with Crippen molar-refractivity contribution in [1.29, 1.82) is 0 Å². The van der Waals surface area contributed by atoms with Crippen molar-refractivity contribution >= 4 is 94.0 Å². The minimum atomic E-state index is -2.63. The van der Waals surface area contributed by atoms with Crippen LogP contribution in [0.5, 0.6) is 0 Å². The fourth-order valence-electron chi connectivity index (χ4n) is 2.97. The fraction of sp³-hybridized carbons (Fsp3) is 0. The molecule has 33 heavy (non-hydrogen) atoms. The van der Waals surface area contributed by atoms with E-state index in [9.17, 15) is 0 Å². The van der Waals surface area contributed by atoms with Crippen molar-refractivity contribution in [2.24, 2.45) is 4.74 Å². The van der Waals surface area contributed by atoms with Crippen LogP contribution in [0.25, 0.3) is 0 Å². The number of rotatable bonds is 7. The first-order chi connectivity index (χ1) is 15.9. The maximum atomic E-state index is 5.21. The van der Waals surface area contributed by atoms with Crippen LogP contribution in [0.4, 0.5) is 22.7 Å². The Hall–Kier alpha value is -1.57. The van der Waals surface area contributed by atoms with Gasteiger partial charge in [-0.15, -0.1) is 0 Å². The number of halogens is 4. The second kappa shape index (κ2) is 11.2. The van der Waals surface area contributed by atoms with Crippen molar-refractivity contribution in [2.75, 3.05) is 15.3 Å². The second-order valence-electron chi connectivity index (χ2n) is 7.07. The summed E-state index contributed by atoms with van der Waals surface area (Å²) in [4.78, 5) is 0. The molecule has 4 aromatic carbocycles. The number of benzene rings is 4. The van der Waals surface area contributed by atoms with Gasteiger partial charge in [0.1, 0.15) is 0 Å². The van der Waals surface area contributed by atoms with Crippen LogP contribution >= 0.6 is 71.2 Å². The molecule has 0 aliphatic rings. The van der Waals surface area contributed by atoms with E-state index in [1.165, 1.54) is 0 Å². The quantitative estimate of drug-likeness (QED) is 0.167. The molecule has 0 aliphatic heterocycles. The molecule has 0 bridgehead atoms. The molecule has 9 heteroatoms. The predicted molar refractivity (Wildman–Crippen MR) is 156 cm³/mol. The van der Waals surface area contributed by atoms with Crippen molar-refractivity contribution in [1.82, 2.24) is 0 Å². The van der Waals surface area contributed by atoms with E-state index >= 15 is 0 Å². The third-order valence-corrected chi connectivity index (χ3v) is 8.89. The van der Waals surface area contributed by atoms with Crippen LogP contribution < -0.4 is 15.3 Å². The van der Waals surface area contributed by atoms with Gasteiger partial charge < -0.3 is 15.3 Å². The van der Waals surface area contributed by atoms with Crippen LogP contribution in [-0.2, 0) is 0 Å². The average molecular weight is 714 g/mol. The highest BCUT2D eigenvalue weighted by Gasteiger charge is 2.21. The van der Waals surface area contributed by atoms with Crippen molar-refractivity contribution in [2.45, 2.75) is 0 Å². The molecule has 0 spiro atoms. The molecule has 0 unspecified atom stereocenters. The minimum absolute atomic E-state index is 0.852. The lowest BCUT2D eigenvalue weighted by atomic mass is 10.3. The molecule has 0 fully saturated rings. The zero-order valence-corrected chi connectivity index (χ0v) is 24.4. The normalized spacial score (nSPS) is 11.0. The third kappa shape index (κ3) is 7.20. The Morgan fingerprint density at radius 3 is 1.00 bits per heavy atom. The van der Waals surface area contributed by atoms with Gasteiger partial charge in [0.25, 0.3) is 0 Å². The van der Waals surface area contributed by atoms with E-state index in [1.54, 1.807) is 0 Å². The smallest absolute Gasteiger partial charge is 0.241 e. The lowest BCUT2D eigenvalue weighted by molar-refractivity contribution is 1.49. The van der Waals surface area contributed by atoms with E-state index in [0.717, 1.165) is 40.6 Å². The molecule has 4 nitrogen and oxygen atoms in total. The van der Waals surface area contributed by atoms with Gasteiger partial charge in [0.2, 0.25) is 7.51 Å². The Balaban J connectivity index is 1.85. The maximum Gasteiger partial charge on any atom is 0.241 e. The molecule has 4 rings (SSSR count). The Morgan fingerprint density at radius 1 is 0.424 bits per heavy atom. The van der Waals surface area contributed by atoms with Crippen molar-refractivity contribution in [3.05, 3.63) is 115 Å².